The third-order valence-corrected chi connectivity index (χ3v) is 4.79. The smallest absolute Gasteiger partial charge is 0.352 e. The van der Waals surface area contributed by atoms with Crippen LogP contribution in [-0.2, 0) is 11.3 Å². The number of carbonyl (C=O) groups is 1. The number of anilines is 2. The van der Waals surface area contributed by atoms with E-state index in [0.29, 0.717) is 16.5 Å². The van der Waals surface area contributed by atoms with Gasteiger partial charge in [-0.2, -0.15) is 4.98 Å². The molecular formula is C18H19ClN6O2. The average molecular weight is 387 g/mol. The first kappa shape index (κ1) is 17.5. The van der Waals surface area contributed by atoms with E-state index in [4.69, 9.17) is 11.6 Å². The molecule has 1 aromatic carbocycles. The monoisotopic (exact) mass is 386 g/mol. The summed E-state index contributed by atoms with van der Waals surface area (Å²) in [6.07, 6.45) is 5.17. The van der Waals surface area contributed by atoms with E-state index in [-0.39, 0.29) is 12.5 Å². The van der Waals surface area contributed by atoms with E-state index in [0.717, 1.165) is 36.4 Å². The number of fused-ring (bicyclic) bond motifs is 1. The minimum absolute atomic E-state index is 0.191. The summed E-state index contributed by atoms with van der Waals surface area (Å²) in [5, 5.41) is 7.51. The Kier molecular flexibility index (Phi) is 4.81. The van der Waals surface area contributed by atoms with Crippen LogP contribution in [0.15, 0.2) is 41.3 Å². The van der Waals surface area contributed by atoms with Gasteiger partial charge in [0.1, 0.15) is 12.4 Å². The van der Waals surface area contributed by atoms with Gasteiger partial charge >= 0.3 is 5.69 Å². The number of hydrogen-bond donors (Lipinski definition) is 1. The molecule has 1 N–H and O–H groups in total. The molecule has 3 aromatic rings. The van der Waals surface area contributed by atoms with E-state index in [1.807, 2.05) is 6.07 Å². The van der Waals surface area contributed by atoms with Gasteiger partial charge in [0.2, 0.25) is 5.91 Å². The molecule has 0 bridgehead atoms. The van der Waals surface area contributed by atoms with Crippen LogP contribution in [-0.4, -0.2) is 38.2 Å². The number of hydrogen-bond acceptors (Lipinski definition) is 5. The maximum absolute atomic E-state index is 12.5. The minimum atomic E-state index is -0.394. The molecule has 0 aliphatic carbocycles. The molecule has 0 saturated carbocycles. The second kappa shape index (κ2) is 7.40. The number of carbonyl (C=O) groups excluding carboxylic acids is 1. The van der Waals surface area contributed by atoms with Crippen LogP contribution < -0.4 is 15.9 Å². The SMILES string of the molecule is O=C(Cn1nc2nc(N3CCCCC3)ccn2c1=O)Nc1ccc(Cl)cc1. The van der Waals surface area contributed by atoms with E-state index < -0.39 is 5.69 Å². The number of aromatic nitrogens is 4. The number of nitrogens with zero attached hydrogens (tertiary/aromatic N) is 5. The van der Waals surface area contributed by atoms with Crippen LogP contribution in [0, 0.1) is 0 Å². The van der Waals surface area contributed by atoms with Gasteiger partial charge in [0, 0.05) is 30.0 Å². The van der Waals surface area contributed by atoms with Crippen molar-refractivity contribution in [2.45, 2.75) is 25.8 Å². The van der Waals surface area contributed by atoms with Crippen molar-refractivity contribution >= 4 is 34.8 Å². The van der Waals surface area contributed by atoms with E-state index in [1.165, 1.54) is 10.8 Å². The van der Waals surface area contributed by atoms with Crippen LogP contribution in [0.1, 0.15) is 19.3 Å². The third-order valence-electron chi connectivity index (χ3n) is 4.54. The maximum atomic E-state index is 12.5. The van der Waals surface area contributed by atoms with Gasteiger partial charge in [-0.25, -0.2) is 13.9 Å². The summed E-state index contributed by atoms with van der Waals surface area (Å²) in [5.41, 5.74) is 0.209. The van der Waals surface area contributed by atoms with Gasteiger partial charge in [0.25, 0.3) is 5.78 Å². The Balaban J connectivity index is 1.53. The molecule has 140 valence electrons. The highest BCUT2D eigenvalue weighted by Crippen LogP contribution is 2.17. The number of rotatable bonds is 4. The third kappa shape index (κ3) is 3.80. The molecule has 1 fully saturated rings. The highest BCUT2D eigenvalue weighted by Gasteiger charge is 2.16. The molecule has 4 rings (SSSR count). The Hall–Kier alpha value is -2.87. The van der Waals surface area contributed by atoms with Crippen molar-refractivity contribution in [1.29, 1.82) is 0 Å². The largest absolute Gasteiger partial charge is 0.356 e. The van der Waals surface area contributed by atoms with Crippen LogP contribution >= 0.6 is 11.6 Å². The average Bonchev–Trinajstić information content (AvgIpc) is 2.99. The van der Waals surface area contributed by atoms with Gasteiger partial charge in [-0.05, 0) is 49.6 Å². The molecule has 1 amide bonds. The molecule has 0 unspecified atom stereocenters. The second-order valence-corrected chi connectivity index (χ2v) is 6.94. The molecule has 1 aliphatic heterocycles. The normalized spacial score (nSPS) is 14.5. The zero-order valence-electron chi connectivity index (χ0n) is 14.6. The molecule has 27 heavy (non-hydrogen) atoms. The van der Waals surface area contributed by atoms with Gasteiger partial charge < -0.3 is 10.2 Å². The van der Waals surface area contributed by atoms with Crippen molar-refractivity contribution in [1.82, 2.24) is 19.2 Å². The fourth-order valence-corrected chi connectivity index (χ4v) is 3.29. The first-order chi connectivity index (χ1) is 13.1. The summed E-state index contributed by atoms with van der Waals surface area (Å²) in [6.45, 7) is 1.72. The lowest BCUT2D eigenvalue weighted by Gasteiger charge is -2.27. The topological polar surface area (TPSA) is 84.5 Å². The highest BCUT2D eigenvalue weighted by molar-refractivity contribution is 6.30. The minimum Gasteiger partial charge on any atom is -0.356 e. The second-order valence-electron chi connectivity index (χ2n) is 6.50. The zero-order chi connectivity index (χ0) is 18.8. The number of halogens is 1. The molecule has 1 saturated heterocycles. The lowest BCUT2D eigenvalue weighted by atomic mass is 10.1. The highest BCUT2D eigenvalue weighted by atomic mass is 35.5. The van der Waals surface area contributed by atoms with Crippen LogP contribution in [0.5, 0.6) is 0 Å². The molecular weight excluding hydrogens is 368 g/mol. The molecule has 0 atom stereocenters. The standard InChI is InChI=1S/C18H19ClN6O2/c19-13-4-6-14(7-5-13)20-16(26)12-25-18(27)24-11-8-15(21-17(24)22-25)23-9-2-1-3-10-23/h4-8,11H,1-3,9-10,12H2,(H,20,26). The van der Waals surface area contributed by atoms with E-state index in [1.54, 1.807) is 30.5 Å². The predicted molar refractivity (Wildman–Crippen MR) is 103 cm³/mol. The van der Waals surface area contributed by atoms with Crippen molar-refractivity contribution in [3.63, 3.8) is 0 Å². The fraction of sp³-hybridized carbons (Fsp3) is 0.333. The van der Waals surface area contributed by atoms with Crippen molar-refractivity contribution in [3.8, 4) is 0 Å². The van der Waals surface area contributed by atoms with Crippen molar-refractivity contribution in [3.05, 3.63) is 52.0 Å². The summed E-state index contributed by atoms with van der Waals surface area (Å²) in [4.78, 5) is 31.4. The van der Waals surface area contributed by atoms with Gasteiger partial charge in [-0.15, -0.1) is 5.10 Å². The molecule has 0 spiro atoms. The molecule has 0 radical (unpaired) electrons. The van der Waals surface area contributed by atoms with Crippen molar-refractivity contribution in [2.75, 3.05) is 23.3 Å². The van der Waals surface area contributed by atoms with E-state index in [2.05, 4.69) is 20.3 Å². The van der Waals surface area contributed by atoms with E-state index >= 15 is 0 Å². The van der Waals surface area contributed by atoms with Gasteiger partial charge in [-0.3, -0.25) is 4.79 Å². The first-order valence-electron chi connectivity index (χ1n) is 8.87. The van der Waals surface area contributed by atoms with Gasteiger partial charge in [-0.1, -0.05) is 11.6 Å². The molecule has 8 nitrogen and oxygen atoms in total. The Bertz CT molecular complexity index is 1020. The van der Waals surface area contributed by atoms with Crippen molar-refractivity contribution in [2.24, 2.45) is 0 Å². The Morgan fingerprint density at radius 1 is 1.11 bits per heavy atom. The predicted octanol–water partition coefficient (Wildman–Crippen LogP) is 2.17. The lowest BCUT2D eigenvalue weighted by molar-refractivity contribution is -0.117. The van der Waals surface area contributed by atoms with Crippen LogP contribution in [0.2, 0.25) is 5.02 Å². The van der Waals surface area contributed by atoms with Crippen LogP contribution in [0.25, 0.3) is 5.78 Å². The Labute approximate surface area is 160 Å². The summed E-state index contributed by atoms with van der Waals surface area (Å²) >= 11 is 5.83. The number of benzene rings is 1. The number of nitrogens with one attached hydrogen (secondary N) is 1. The zero-order valence-corrected chi connectivity index (χ0v) is 15.4. The maximum Gasteiger partial charge on any atom is 0.352 e. The summed E-state index contributed by atoms with van der Waals surface area (Å²) < 4.78 is 2.47. The lowest BCUT2D eigenvalue weighted by Crippen LogP contribution is -2.30. The Morgan fingerprint density at radius 3 is 2.59 bits per heavy atom. The van der Waals surface area contributed by atoms with Gasteiger partial charge in [0.05, 0.1) is 0 Å². The molecule has 1 aliphatic rings. The molecule has 3 heterocycles. The van der Waals surface area contributed by atoms with Crippen LogP contribution in [0.3, 0.4) is 0 Å². The number of piperidine rings is 1. The van der Waals surface area contributed by atoms with Gasteiger partial charge in [0.15, 0.2) is 0 Å². The Morgan fingerprint density at radius 2 is 1.85 bits per heavy atom. The molecule has 2 aromatic heterocycles. The van der Waals surface area contributed by atoms with Crippen LogP contribution in [0.4, 0.5) is 11.5 Å². The summed E-state index contributed by atoms with van der Waals surface area (Å²) in [5.74, 6) is 0.756. The fourth-order valence-electron chi connectivity index (χ4n) is 3.17. The van der Waals surface area contributed by atoms with E-state index in [9.17, 15) is 9.59 Å². The molecule has 9 heteroatoms. The number of amides is 1. The first-order valence-corrected chi connectivity index (χ1v) is 9.24. The quantitative estimate of drug-likeness (QED) is 0.742. The summed E-state index contributed by atoms with van der Waals surface area (Å²) in [7, 11) is 0. The van der Waals surface area contributed by atoms with Crippen molar-refractivity contribution < 1.29 is 4.79 Å². The summed E-state index contributed by atoms with van der Waals surface area (Å²) in [6, 6.07) is 8.57.